The Morgan fingerprint density at radius 2 is 1.84 bits per heavy atom. The van der Waals surface area contributed by atoms with Crippen molar-refractivity contribution >= 4 is 6.09 Å². The number of carbonyl (C=O) groups excluding carboxylic acids is 1. The summed E-state index contributed by atoms with van der Waals surface area (Å²) in [6.45, 7) is 9.71. The number of hydrogen-bond acceptors (Lipinski definition) is 3. The first kappa shape index (κ1) is 18.2. The summed E-state index contributed by atoms with van der Waals surface area (Å²) in [6.07, 6.45) is 4.58. The van der Waals surface area contributed by atoms with E-state index >= 15 is 0 Å². The van der Waals surface area contributed by atoms with Crippen molar-refractivity contribution in [1.82, 2.24) is 10.2 Å². The van der Waals surface area contributed by atoms with Crippen molar-refractivity contribution in [3.05, 3.63) is 35.9 Å². The average molecular weight is 344 g/mol. The molecule has 0 unspecified atom stereocenters. The third kappa shape index (κ3) is 5.21. The van der Waals surface area contributed by atoms with Crippen molar-refractivity contribution in [1.29, 1.82) is 0 Å². The minimum atomic E-state index is -0.278. The van der Waals surface area contributed by atoms with Gasteiger partial charge in [-0.05, 0) is 71.0 Å². The monoisotopic (exact) mass is 344 g/mol. The van der Waals surface area contributed by atoms with Crippen molar-refractivity contribution < 1.29 is 9.53 Å². The Morgan fingerprint density at radius 3 is 2.40 bits per heavy atom. The van der Waals surface area contributed by atoms with Gasteiger partial charge in [0.15, 0.2) is 0 Å². The van der Waals surface area contributed by atoms with E-state index in [0.29, 0.717) is 6.61 Å². The zero-order chi connectivity index (χ0) is 17.9. The maximum Gasteiger partial charge on any atom is 0.407 e. The number of benzene rings is 1. The zero-order valence-electron chi connectivity index (χ0n) is 15.9. The highest BCUT2D eigenvalue weighted by Gasteiger charge is 2.47. The summed E-state index contributed by atoms with van der Waals surface area (Å²) in [4.78, 5) is 14.6. The number of alkyl carbamates (subject to hydrolysis) is 1. The molecule has 0 radical (unpaired) electrons. The quantitative estimate of drug-likeness (QED) is 0.870. The van der Waals surface area contributed by atoms with Crippen LogP contribution in [0.5, 0.6) is 0 Å². The third-order valence-electron chi connectivity index (χ3n) is 5.51. The van der Waals surface area contributed by atoms with E-state index in [1.165, 1.54) is 18.4 Å². The Hall–Kier alpha value is -1.55. The fourth-order valence-electron chi connectivity index (χ4n) is 3.92. The number of piperidine rings is 1. The second-order valence-electron chi connectivity index (χ2n) is 8.85. The molecule has 0 aromatic heterocycles. The summed E-state index contributed by atoms with van der Waals surface area (Å²) in [5.74, 6) is 0.744. The number of amides is 1. The Balaban J connectivity index is 1.52. The molecule has 2 fully saturated rings. The number of hydrogen-bond donors (Lipinski definition) is 1. The van der Waals surface area contributed by atoms with Crippen LogP contribution in [0.4, 0.5) is 4.79 Å². The lowest BCUT2D eigenvalue weighted by atomic mass is 9.74. The molecule has 4 heteroatoms. The van der Waals surface area contributed by atoms with Gasteiger partial charge in [-0.2, -0.15) is 0 Å². The van der Waals surface area contributed by atoms with Gasteiger partial charge in [0.25, 0.3) is 0 Å². The van der Waals surface area contributed by atoms with Gasteiger partial charge in [0.1, 0.15) is 0 Å². The molecule has 1 aliphatic heterocycles. The lowest BCUT2D eigenvalue weighted by Crippen LogP contribution is -2.46. The van der Waals surface area contributed by atoms with Gasteiger partial charge in [0, 0.05) is 17.5 Å². The van der Waals surface area contributed by atoms with E-state index in [4.69, 9.17) is 4.74 Å². The van der Waals surface area contributed by atoms with Gasteiger partial charge in [-0.15, -0.1) is 0 Å². The number of nitrogens with zero attached hydrogens (tertiary/aromatic N) is 1. The fourth-order valence-corrected chi connectivity index (χ4v) is 3.92. The molecule has 138 valence electrons. The average Bonchev–Trinajstić information content (AvgIpc) is 3.39. The molecule has 1 saturated heterocycles. The van der Waals surface area contributed by atoms with E-state index in [9.17, 15) is 4.79 Å². The summed E-state index contributed by atoms with van der Waals surface area (Å²) in [7, 11) is 0. The first-order valence-corrected chi connectivity index (χ1v) is 9.58. The molecular formula is C21H32N2O2. The highest BCUT2D eigenvalue weighted by molar-refractivity contribution is 5.68. The van der Waals surface area contributed by atoms with Crippen LogP contribution in [0, 0.1) is 11.3 Å². The van der Waals surface area contributed by atoms with Crippen LogP contribution in [0.1, 0.15) is 52.0 Å². The summed E-state index contributed by atoms with van der Waals surface area (Å²) >= 11 is 0. The Bertz CT molecular complexity index is 567. The van der Waals surface area contributed by atoms with Crippen LogP contribution in [-0.4, -0.2) is 36.2 Å². The van der Waals surface area contributed by atoms with Gasteiger partial charge >= 0.3 is 6.09 Å². The molecule has 1 aromatic carbocycles. The first-order chi connectivity index (χ1) is 11.9. The van der Waals surface area contributed by atoms with Crippen LogP contribution in [0.25, 0.3) is 0 Å². The lowest BCUT2D eigenvalue weighted by Gasteiger charge is -2.42. The molecular weight excluding hydrogens is 312 g/mol. The number of ether oxygens (including phenoxy) is 1. The first-order valence-electron chi connectivity index (χ1n) is 9.58. The predicted octanol–water partition coefficient (Wildman–Crippen LogP) is 4.20. The molecule has 0 atom stereocenters. The minimum absolute atomic E-state index is 0.197. The molecule has 2 aliphatic rings. The van der Waals surface area contributed by atoms with Gasteiger partial charge in [-0.1, -0.05) is 30.3 Å². The zero-order valence-corrected chi connectivity index (χ0v) is 15.9. The van der Waals surface area contributed by atoms with Gasteiger partial charge in [0.2, 0.25) is 0 Å². The van der Waals surface area contributed by atoms with Gasteiger partial charge < -0.3 is 10.1 Å². The normalized spacial score (nSPS) is 20.9. The van der Waals surface area contributed by atoms with Gasteiger partial charge in [-0.25, -0.2) is 4.79 Å². The molecule has 1 amide bonds. The minimum Gasteiger partial charge on any atom is -0.449 e. The van der Waals surface area contributed by atoms with E-state index < -0.39 is 0 Å². The van der Waals surface area contributed by atoms with Crippen molar-refractivity contribution in [3.63, 3.8) is 0 Å². The molecule has 3 rings (SSSR count). The van der Waals surface area contributed by atoms with Crippen LogP contribution >= 0.6 is 0 Å². The van der Waals surface area contributed by atoms with Crippen molar-refractivity contribution in [3.8, 4) is 0 Å². The summed E-state index contributed by atoms with van der Waals surface area (Å²) in [5.41, 5.74) is 1.33. The predicted molar refractivity (Wildman–Crippen MR) is 100 cm³/mol. The maximum atomic E-state index is 12.0. The highest BCUT2D eigenvalue weighted by atomic mass is 16.5. The molecule has 1 aromatic rings. The molecule has 1 heterocycles. The van der Waals surface area contributed by atoms with E-state index in [1.54, 1.807) is 0 Å². The Labute approximate surface area is 151 Å². The molecule has 0 bridgehead atoms. The Morgan fingerprint density at radius 1 is 1.20 bits per heavy atom. The number of likely N-dealkylation sites (tertiary alicyclic amines) is 1. The summed E-state index contributed by atoms with van der Waals surface area (Å²) < 4.78 is 5.65. The lowest BCUT2D eigenvalue weighted by molar-refractivity contribution is 0.0107. The van der Waals surface area contributed by atoms with Crippen molar-refractivity contribution in [2.45, 2.75) is 58.5 Å². The molecule has 0 spiro atoms. The van der Waals surface area contributed by atoms with Crippen LogP contribution in [0.15, 0.2) is 30.3 Å². The second-order valence-corrected chi connectivity index (χ2v) is 8.85. The molecule has 1 saturated carbocycles. The highest BCUT2D eigenvalue weighted by Crippen LogP contribution is 2.51. The third-order valence-corrected chi connectivity index (χ3v) is 5.51. The van der Waals surface area contributed by atoms with E-state index in [2.05, 4.69) is 40.5 Å². The molecule has 4 nitrogen and oxygen atoms in total. The van der Waals surface area contributed by atoms with E-state index in [-0.39, 0.29) is 17.0 Å². The second kappa shape index (κ2) is 7.36. The van der Waals surface area contributed by atoms with Gasteiger partial charge in [0.05, 0.1) is 6.61 Å². The van der Waals surface area contributed by atoms with Gasteiger partial charge in [-0.3, -0.25) is 4.90 Å². The largest absolute Gasteiger partial charge is 0.449 e. The number of rotatable bonds is 5. The SMILES string of the molecule is CC(C)(C)NC(=O)OCC1(C2CC2)CCN(Cc2ccccc2)CC1. The summed E-state index contributed by atoms with van der Waals surface area (Å²) in [5, 5.41) is 2.91. The molecule has 1 N–H and O–H groups in total. The molecule has 1 aliphatic carbocycles. The molecule has 25 heavy (non-hydrogen) atoms. The van der Waals surface area contributed by atoms with Crippen LogP contribution in [-0.2, 0) is 11.3 Å². The topological polar surface area (TPSA) is 41.6 Å². The fraction of sp³-hybridized carbons (Fsp3) is 0.667. The van der Waals surface area contributed by atoms with Crippen LogP contribution < -0.4 is 5.32 Å². The smallest absolute Gasteiger partial charge is 0.407 e. The summed E-state index contributed by atoms with van der Waals surface area (Å²) in [6, 6.07) is 10.7. The number of carbonyl (C=O) groups is 1. The van der Waals surface area contributed by atoms with Crippen LogP contribution in [0.3, 0.4) is 0 Å². The van der Waals surface area contributed by atoms with Crippen LogP contribution in [0.2, 0.25) is 0 Å². The van der Waals surface area contributed by atoms with E-state index in [1.807, 2.05) is 20.8 Å². The standard InChI is InChI=1S/C21H32N2O2/c1-20(2,3)22-19(24)25-16-21(18-9-10-18)11-13-23(14-12-21)15-17-7-5-4-6-8-17/h4-8,18H,9-16H2,1-3H3,(H,22,24). The van der Waals surface area contributed by atoms with E-state index in [0.717, 1.165) is 38.4 Å². The van der Waals surface area contributed by atoms with Crippen molar-refractivity contribution in [2.24, 2.45) is 11.3 Å². The Kier molecular flexibility index (Phi) is 5.38. The number of nitrogens with one attached hydrogen (secondary N) is 1. The van der Waals surface area contributed by atoms with Crippen molar-refractivity contribution in [2.75, 3.05) is 19.7 Å². The maximum absolute atomic E-state index is 12.0.